The third-order valence-electron chi connectivity index (χ3n) is 4.30. The van der Waals surface area contributed by atoms with E-state index >= 15 is 0 Å². The summed E-state index contributed by atoms with van der Waals surface area (Å²) in [6.45, 7) is 9.12. The summed E-state index contributed by atoms with van der Waals surface area (Å²) in [5.74, 6) is 0. The Kier molecular flexibility index (Phi) is 3.61. The van der Waals surface area contributed by atoms with Crippen LogP contribution in [0.1, 0.15) is 37.3 Å². The predicted octanol–water partition coefficient (Wildman–Crippen LogP) is 3.96. The van der Waals surface area contributed by atoms with Crippen LogP contribution >= 0.6 is 0 Å². The molecule has 0 unspecified atom stereocenters. The van der Waals surface area contributed by atoms with Gasteiger partial charge in [-0.05, 0) is 57.5 Å². The van der Waals surface area contributed by atoms with Crippen LogP contribution in [0, 0.1) is 6.92 Å². The van der Waals surface area contributed by atoms with Crippen LogP contribution in [0.5, 0.6) is 0 Å². The van der Waals surface area contributed by atoms with Crippen molar-refractivity contribution < 1.29 is 0 Å². The quantitative estimate of drug-likeness (QED) is 0.807. The Balaban J connectivity index is 1.95. The monoisotopic (exact) mass is 256 g/mol. The number of piperidine rings is 1. The molecule has 1 aliphatic heterocycles. The fourth-order valence-corrected chi connectivity index (χ4v) is 3.23. The fourth-order valence-electron chi connectivity index (χ4n) is 3.23. The molecule has 102 valence electrons. The molecule has 1 aliphatic rings. The summed E-state index contributed by atoms with van der Waals surface area (Å²) in [5.41, 5.74) is 4.25. The number of nitrogens with zero attached hydrogens (tertiary/aromatic N) is 2. The summed E-state index contributed by atoms with van der Waals surface area (Å²) in [4.78, 5) is 2.61. The van der Waals surface area contributed by atoms with E-state index in [9.17, 15) is 0 Å². The third-order valence-corrected chi connectivity index (χ3v) is 4.30. The second-order valence-electron chi connectivity index (χ2n) is 5.80. The van der Waals surface area contributed by atoms with Crippen LogP contribution in [0.15, 0.2) is 24.4 Å². The minimum absolute atomic E-state index is 1.06. The maximum Gasteiger partial charge on any atom is 0.0483 e. The Morgan fingerprint density at radius 1 is 1.11 bits per heavy atom. The lowest BCUT2D eigenvalue weighted by molar-refractivity contribution is 0.221. The van der Waals surface area contributed by atoms with Gasteiger partial charge in [-0.3, -0.25) is 4.90 Å². The SMILES string of the molecule is CCn1cc(CN2CCCCC2)c2cc(C)ccc21. The van der Waals surface area contributed by atoms with E-state index in [1.165, 1.54) is 54.4 Å². The highest BCUT2D eigenvalue weighted by atomic mass is 15.1. The van der Waals surface area contributed by atoms with Crippen LogP contribution in [0.25, 0.3) is 10.9 Å². The average molecular weight is 256 g/mol. The van der Waals surface area contributed by atoms with Crippen molar-refractivity contribution in [2.24, 2.45) is 0 Å². The Labute approximate surface area is 116 Å². The first-order valence-corrected chi connectivity index (χ1v) is 7.58. The number of aryl methyl sites for hydroxylation is 2. The summed E-state index contributed by atoms with van der Waals surface area (Å²) >= 11 is 0. The van der Waals surface area contributed by atoms with Crippen molar-refractivity contribution in [3.63, 3.8) is 0 Å². The molecule has 0 amide bonds. The van der Waals surface area contributed by atoms with Crippen molar-refractivity contribution in [3.05, 3.63) is 35.5 Å². The zero-order valence-electron chi connectivity index (χ0n) is 12.2. The van der Waals surface area contributed by atoms with Crippen LogP contribution in [0.3, 0.4) is 0 Å². The van der Waals surface area contributed by atoms with Gasteiger partial charge in [0, 0.05) is 30.2 Å². The lowest BCUT2D eigenvalue weighted by Crippen LogP contribution is -2.28. The standard InChI is InChI=1S/C17H24N2/c1-3-19-13-15(12-18-9-5-4-6-10-18)16-11-14(2)7-8-17(16)19/h7-8,11,13H,3-6,9-10,12H2,1-2H3. The Morgan fingerprint density at radius 2 is 1.89 bits per heavy atom. The van der Waals surface area contributed by atoms with Crippen LogP contribution in [0.4, 0.5) is 0 Å². The third kappa shape index (κ3) is 2.55. The number of benzene rings is 1. The molecule has 2 heteroatoms. The summed E-state index contributed by atoms with van der Waals surface area (Å²) in [6, 6.07) is 6.84. The number of likely N-dealkylation sites (tertiary alicyclic amines) is 1. The molecule has 1 saturated heterocycles. The molecule has 19 heavy (non-hydrogen) atoms. The van der Waals surface area contributed by atoms with Gasteiger partial charge in [0.2, 0.25) is 0 Å². The number of aromatic nitrogens is 1. The van der Waals surface area contributed by atoms with Crippen molar-refractivity contribution in [2.75, 3.05) is 13.1 Å². The summed E-state index contributed by atoms with van der Waals surface area (Å²) in [7, 11) is 0. The maximum atomic E-state index is 2.61. The van der Waals surface area contributed by atoms with Crippen molar-refractivity contribution in [2.45, 2.75) is 46.2 Å². The number of hydrogen-bond donors (Lipinski definition) is 0. The lowest BCUT2D eigenvalue weighted by Gasteiger charge is -2.26. The molecule has 2 aromatic rings. The van der Waals surface area contributed by atoms with Gasteiger partial charge >= 0.3 is 0 Å². The molecule has 2 nitrogen and oxygen atoms in total. The average Bonchev–Trinajstić information content (AvgIpc) is 2.77. The molecule has 0 atom stereocenters. The lowest BCUT2D eigenvalue weighted by atomic mass is 10.1. The Bertz CT molecular complexity index is 562. The zero-order chi connectivity index (χ0) is 13.2. The molecule has 0 aliphatic carbocycles. The van der Waals surface area contributed by atoms with E-state index in [2.05, 4.69) is 47.7 Å². The van der Waals surface area contributed by atoms with Crippen LogP contribution in [0.2, 0.25) is 0 Å². The predicted molar refractivity (Wildman–Crippen MR) is 81.5 cm³/mol. The van der Waals surface area contributed by atoms with Gasteiger partial charge in [-0.25, -0.2) is 0 Å². The van der Waals surface area contributed by atoms with E-state index in [-0.39, 0.29) is 0 Å². The van der Waals surface area contributed by atoms with Crippen molar-refractivity contribution >= 4 is 10.9 Å². The van der Waals surface area contributed by atoms with Gasteiger partial charge in [0.15, 0.2) is 0 Å². The minimum atomic E-state index is 1.06. The van der Waals surface area contributed by atoms with Gasteiger partial charge < -0.3 is 4.57 Å². The molecule has 2 heterocycles. The van der Waals surface area contributed by atoms with E-state index in [1.54, 1.807) is 0 Å². The molecule has 0 saturated carbocycles. The van der Waals surface area contributed by atoms with E-state index in [0.29, 0.717) is 0 Å². The molecule has 0 bridgehead atoms. The minimum Gasteiger partial charge on any atom is -0.347 e. The molecule has 0 spiro atoms. The highest BCUT2D eigenvalue weighted by Gasteiger charge is 2.14. The second kappa shape index (κ2) is 5.38. The molecule has 1 aromatic carbocycles. The second-order valence-corrected chi connectivity index (χ2v) is 5.80. The maximum absolute atomic E-state index is 2.61. The molecule has 0 N–H and O–H groups in total. The van der Waals surface area contributed by atoms with E-state index in [4.69, 9.17) is 0 Å². The molecule has 1 aromatic heterocycles. The van der Waals surface area contributed by atoms with E-state index < -0.39 is 0 Å². The van der Waals surface area contributed by atoms with Gasteiger partial charge in [0.05, 0.1) is 0 Å². The van der Waals surface area contributed by atoms with Crippen molar-refractivity contribution in [1.29, 1.82) is 0 Å². The van der Waals surface area contributed by atoms with E-state index in [0.717, 1.165) is 13.1 Å². The molecular weight excluding hydrogens is 232 g/mol. The number of rotatable bonds is 3. The van der Waals surface area contributed by atoms with E-state index in [1.807, 2.05) is 0 Å². The molecule has 1 fully saturated rings. The molecular formula is C17H24N2. The Hall–Kier alpha value is -1.28. The first-order valence-electron chi connectivity index (χ1n) is 7.58. The van der Waals surface area contributed by atoms with Crippen LogP contribution in [-0.4, -0.2) is 22.6 Å². The topological polar surface area (TPSA) is 8.17 Å². The highest BCUT2D eigenvalue weighted by Crippen LogP contribution is 2.25. The molecule has 3 rings (SSSR count). The van der Waals surface area contributed by atoms with Gasteiger partial charge in [0.1, 0.15) is 0 Å². The van der Waals surface area contributed by atoms with Gasteiger partial charge in [-0.15, -0.1) is 0 Å². The summed E-state index contributed by atoms with van der Waals surface area (Å²) < 4.78 is 2.38. The first-order chi connectivity index (χ1) is 9.28. The van der Waals surface area contributed by atoms with Gasteiger partial charge in [0.25, 0.3) is 0 Å². The molecule has 0 radical (unpaired) electrons. The van der Waals surface area contributed by atoms with Crippen LogP contribution < -0.4 is 0 Å². The van der Waals surface area contributed by atoms with Gasteiger partial charge in [-0.1, -0.05) is 18.1 Å². The largest absolute Gasteiger partial charge is 0.347 e. The number of hydrogen-bond acceptors (Lipinski definition) is 1. The fraction of sp³-hybridized carbons (Fsp3) is 0.529. The smallest absolute Gasteiger partial charge is 0.0483 e. The Morgan fingerprint density at radius 3 is 2.63 bits per heavy atom. The summed E-state index contributed by atoms with van der Waals surface area (Å²) in [6.07, 6.45) is 6.50. The normalized spacial score (nSPS) is 17.2. The summed E-state index contributed by atoms with van der Waals surface area (Å²) in [5, 5.41) is 1.45. The van der Waals surface area contributed by atoms with Crippen molar-refractivity contribution in [3.8, 4) is 0 Å². The highest BCUT2D eigenvalue weighted by molar-refractivity contribution is 5.84. The van der Waals surface area contributed by atoms with Gasteiger partial charge in [-0.2, -0.15) is 0 Å². The van der Waals surface area contributed by atoms with Crippen LogP contribution in [-0.2, 0) is 13.1 Å². The zero-order valence-corrected chi connectivity index (χ0v) is 12.2. The van der Waals surface area contributed by atoms with Crippen molar-refractivity contribution in [1.82, 2.24) is 9.47 Å². The number of fused-ring (bicyclic) bond motifs is 1. The first kappa shape index (κ1) is 12.7.